The van der Waals surface area contributed by atoms with Crippen molar-refractivity contribution >= 4 is 0 Å². The molecule has 2 N–H and O–H groups in total. The lowest BCUT2D eigenvalue weighted by Gasteiger charge is -2.39. The molecule has 0 saturated heterocycles. The van der Waals surface area contributed by atoms with Crippen molar-refractivity contribution < 1.29 is 9.47 Å². The van der Waals surface area contributed by atoms with Crippen molar-refractivity contribution in [2.24, 2.45) is 17.6 Å². The highest BCUT2D eigenvalue weighted by Crippen LogP contribution is 2.34. The van der Waals surface area contributed by atoms with Gasteiger partial charge in [-0.25, -0.2) is 0 Å². The molecule has 0 aliphatic heterocycles. The highest BCUT2D eigenvalue weighted by molar-refractivity contribution is 4.87. The molecular weight excluding hydrogens is 214 g/mol. The van der Waals surface area contributed by atoms with Gasteiger partial charge in [-0.15, -0.1) is 0 Å². The summed E-state index contributed by atoms with van der Waals surface area (Å²) >= 11 is 0. The van der Waals surface area contributed by atoms with E-state index in [-0.39, 0.29) is 5.60 Å². The van der Waals surface area contributed by atoms with Crippen molar-refractivity contribution in [3.8, 4) is 0 Å². The van der Waals surface area contributed by atoms with Crippen LogP contribution in [0.1, 0.15) is 46.5 Å². The van der Waals surface area contributed by atoms with Crippen LogP contribution in [-0.2, 0) is 9.47 Å². The summed E-state index contributed by atoms with van der Waals surface area (Å²) in [6.45, 7) is 9.43. The monoisotopic (exact) mass is 243 g/mol. The predicted octanol–water partition coefficient (Wildman–Crippen LogP) is 2.58. The summed E-state index contributed by atoms with van der Waals surface area (Å²) in [6.07, 6.45) is 4.77. The fraction of sp³-hybridized carbons (Fsp3) is 1.00. The SMILES string of the molecule is CC(C)COCCOC1(CN)CCCC(C)C1. The van der Waals surface area contributed by atoms with E-state index in [0.717, 1.165) is 25.4 Å². The van der Waals surface area contributed by atoms with E-state index >= 15 is 0 Å². The molecule has 1 saturated carbocycles. The first kappa shape index (κ1) is 14.9. The van der Waals surface area contributed by atoms with Crippen LogP contribution in [0.25, 0.3) is 0 Å². The number of ether oxygens (including phenoxy) is 2. The molecule has 0 bridgehead atoms. The van der Waals surface area contributed by atoms with E-state index < -0.39 is 0 Å². The van der Waals surface area contributed by atoms with E-state index in [0.29, 0.717) is 25.7 Å². The van der Waals surface area contributed by atoms with E-state index in [1.165, 1.54) is 12.8 Å². The lowest BCUT2D eigenvalue weighted by Crippen LogP contribution is -2.45. The zero-order chi connectivity index (χ0) is 12.7. The largest absolute Gasteiger partial charge is 0.379 e. The van der Waals surface area contributed by atoms with Crippen molar-refractivity contribution in [2.45, 2.75) is 52.1 Å². The van der Waals surface area contributed by atoms with Gasteiger partial charge >= 0.3 is 0 Å². The summed E-state index contributed by atoms with van der Waals surface area (Å²) in [5.74, 6) is 1.33. The number of hydrogen-bond donors (Lipinski definition) is 1. The normalized spacial score (nSPS) is 29.8. The van der Waals surface area contributed by atoms with E-state index in [1.54, 1.807) is 0 Å². The van der Waals surface area contributed by atoms with Gasteiger partial charge in [0.1, 0.15) is 0 Å². The van der Waals surface area contributed by atoms with Crippen LogP contribution in [0, 0.1) is 11.8 Å². The average Bonchev–Trinajstić information content (AvgIpc) is 2.28. The quantitative estimate of drug-likeness (QED) is 0.699. The first-order valence-corrected chi connectivity index (χ1v) is 7.00. The van der Waals surface area contributed by atoms with Crippen LogP contribution in [0.5, 0.6) is 0 Å². The van der Waals surface area contributed by atoms with E-state index in [9.17, 15) is 0 Å². The molecule has 1 aliphatic carbocycles. The smallest absolute Gasteiger partial charge is 0.0807 e. The topological polar surface area (TPSA) is 44.5 Å². The van der Waals surface area contributed by atoms with Gasteiger partial charge in [-0.3, -0.25) is 0 Å². The molecule has 3 nitrogen and oxygen atoms in total. The summed E-state index contributed by atoms with van der Waals surface area (Å²) < 4.78 is 11.6. The second kappa shape index (κ2) is 7.34. The first-order valence-electron chi connectivity index (χ1n) is 7.00. The third kappa shape index (κ3) is 5.36. The maximum Gasteiger partial charge on any atom is 0.0807 e. The van der Waals surface area contributed by atoms with Crippen molar-refractivity contribution in [1.82, 2.24) is 0 Å². The molecule has 102 valence electrons. The molecular formula is C14H29NO2. The third-order valence-electron chi connectivity index (χ3n) is 3.51. The standard InChI is InChI=1S/C14H29NO2/c1-12(2)10-16-7-8-17-14(11-15)6-4-5-13(3)9-14/h12-13H,4-11,15H2,1-3H3. The highest BCUT2D eigenvalue weighted by atomic mass is 16.5. The Labute approximate surface area is 106 Å². The van der Waals surface area contributed by atoms with Gasteiger partial charge in [0, 0.05) is 13.2 Å². The molecule has 0 amide bonds. The van der Waals surface area contributed by atoms with Crippen LogP contribution in [0.15, 0.2) is 0 Å². The summed E-state index contributed by atoms with van der Waals surface area (Å²) in [4.78, 5) is 0. The van der Waals surface area contributed by atoms with Gasteiger partial charge in [-0.2, -0.15) is 0 Å². The Balaban J connectivity index is 2.22. The maximum absolute atomic E-state index is 6.02. The van der Waals surface area contributed by atoms with Gasteiger partial charge < -0.3 is 15.2 Å². The Bertz CT molecular complexity index is 208. The molecule has 1 rings (SSSR count). The minimum atomic E-state index is -0.0706. The zero-order valence-electron chi connectivity index (χ0n) is 11.7. The van der Waals surface area contributed by atoms with Crippen LogP contribution >= 0.6 is 0 Å². The second-order valence-electron chi connectivity index (χ2n) is 5.91. The minimum absolute atomic E-state index is 0.0706. The molecule has 1 fully saturated rings. The molecule has 0 aromatic carbocycles. The molecule has 0 radical (unpaired) electrons. The first-order chi connectivity index (χ1) is 8.08. The molecule has 0 aromatic heterocycles. The average molecular weight is 243 g/mol. The second-order valence-corrected chi connectivity index (χ2v) is 5.91. The summed E-state index contributed by atoms with van der Waals surface area (Å²) in [7, 11) is 0. The lowest BCUT2D eigenvalue weighted by molar-refractivity contribution is -0.0921. The van der Waals surface area contributed by atoms with Gasteiger partial charge in [-0.05, 0) is 24.7 Å². The molecule has 2 atom stereocenters. The zero-order valence-corrected chi connectivity index (χ0v) is 11.7. The Hall–Kier alpha value is -0.120. The number of rotatable bonds is 7. The van der Waals surface area contributed by atoms with Crippen molar-refractivity contribution in [2.75, 3.05) is 26.4 Å². The van der Waals surface area contributed by atoms with Gasteiger partial charge in [0.15, 0.2) is 0 Å². The van der Waals surface area contributed by atoms with Crippen LogP contribution in [0.3, 0.4) is 0 Å². The Morgan fingerprint density at radius 3 is 2.71 bits per heavy atom. The number of hydrogen-bond acceptors (Lipinski definition) is 3. The number of nitrogens with two attached hydrogens (primary N) is 1. The lowest BCUT2D eigenvalue weighted by atomic mass is 9.79. The van der Waals surface area contributed by atoms with E-state index in [1.807, 2.05) is 0 Å². The molecule has 0 aromatic rings. The molecule has 17 heavy (non-hydrogen) atoms. The van der Waals surface area contributed by atoms with Crippen LogP contribution < -0.4 is 5.73 Å². The summed E-state index contributed by atoms with van der Waals surface area (Å²) in [5, 5.41) is 0. The van der Waals surface area contributed by atoms with E-state index in [2.05, 4.69) is 20.8 Å². The molecule has 2 unspecified atom stereocenters. The van der Waals surface area contributed by atoms with Gasteiger partial charge in [0.2, 0.25) is 0 Å². The highest BCUT2D eigenvalue weighted by Gasteiger charge is 2.34. The summed E-state index contributed by atoms with van der Waals surface area (Å²) in [5.41, 5.74) is 5.83. The van der Waals surface area contributed by atoms with Crippen molar-refractivity contribution in [3.05, 3.63) is 0 Å². The van der Waals surface area contributed by atoms with Crippen LogP contribution in [0.4, 0.5) is 0 Å². The Morgan fingerprint density at radius 1 is 1.35 bits per heavy atom. The van der Waals surface area contributed by atoms with Gasteiger partial charge in [0.05, 0.1) is 18.8 Å². The molecule has 0 heterocycles. The predicted molar refractivity (Wildman–Crippen MR) is 71.0 cm³/mol. The summed E-state index contributed by atoms with van der Waals surface area (Å²) in [6, 6.07) is 0. The maximum atomic E-state index is 6.02. The van der Waals surface area contributed by atoms with Crippen molar-refractivity contribution in [1.29, 1.82) is 0 Å². The Morgan fingerprint density at radius 2 is 2.12 bits per heavy atom. The fourth-order valence-electron chi connectivity index (χ4n) is 2.62. The fourth-order valence-corrected chi connectivity index (χ4v) is 2.62. The minimum Gasteiger partial charge on any atom is -0.379 e. The van der Waals surface area contributed by atoms with Crippen molar-refractivity contribution in [3.63, 3.8) is 0 Å². The Kier molecular flexibility index (Phi) is 6.45. The van der Waals surface area contributed by atoms with Crippen LogP contribution in [0.2, 0.25) is 0 Å². The van der Waals surface area contributed by atoms with Crippen LogP contribution in [-0.4, -0.2) is 32.0 Å². The molecule has 0 spiro atoms. The van der Waals surface area contributed by atoms with E-state index in [4.69, 9.17) is 15.2 Å². The third-order valence-corrected chi connectivity index (χ3v) is 3.51. The van der Waals surface area contributed by atoms with Gasteiger partial charge in [-0.1, -0.05) is 33.6 Å². The molecule has 3 heteroatoms. The van der Waals surface area contributed by atoms with Gasteiger partial charge in [0.25, 0.3) is 0 Å². The molecule has 1 aliphatic rings.